The second-order valence-electron chi connectivity index (χ2n) is 5.02. The Morgan fingerprint density at radius 1 is 1.28 bits per heavy atom. The van der Waals surface area contributed by atoms with E-state index in [4.69, 9.17) is 0 Å². The molecule has 1 aromatic rings. The van der Waals surface area contributed by atoms with Crippen LogP contribution in [-0.2, 0) is 10.0 Å². The molecule has 3 nitrogen and oxygen atoms in total. The lowest BCUT2D eigenvalue weighted by atomic mass is 10.0. The van der Waals surface area contributed by atoms with Crippen molar-refractivity contribution in [3.05, 3.63) is 28.2 Å². The molecule has 0 spiro atoms. The summed E-state index contributed by atoms with van der Waals surface area (Å²) >= 11 is 3.36. The van der Waals surface area contributed by atoms with Gasteiger partial charge >= 0.3 is 0 Å². The minimum absolute atomic E-state index is 0.377. The van der Waals surface area contributed by atoms with Gasteiger partial charge in [-0.05, 0) is 59.3 Å². The van der Waals surface area contributed by atoms with E-state index in [-0.39, 0.29) is 0 Å². The zero-order chi connectivity index (χ0) is 13.3. The number of hydrogen-bond donors (Lipinski definition) is 0. The first-order chi connectivity index (χ1) is 8.41. The average molecular weight is 332 g/mol. The Labute approximate surface area is 117 Å². The summed E-state index contributed by atoms with van der Waals surface area (Å²) in [4.78, 5) is 0.377. The SMILES string of the molecule is Cc1ccc(S(=O)(=O)N2CCC(C)CC2)c(Br)c1. The van der Waals surface area contributed by atoms with E-state index in [1.165, 1.54) is 0 Å². The van der Waals surface area contributed by atoms with Crippen LogP contribution < -0.4 is 0 Å². The van der Waals surface area contributed by atoms with E-state index in [9.17, 15) is 8.42 Å². The number of hydrogen-bond acceptors (Lipinski definition) is 2. The van der Waals surface area contributed by atoms with Gasteiger partial charge in [0, 0.05) is 17.6 Å². The van der Waals surface area contributed by atoms with E-state index in [1.807, 2.05) is 19.1 Å². The summed E-state index contributed by atoms with van der Waals surface area (Å²) in [5, 5.41) is 0. The first-order valence-electron chi connectivity index (χ1n) is 6.17. The van der Waals surface area contributed by atoms with Crippen molar-refractivity contribution in [1.82, 2.24) is 4.31 Å². The van der Waals surface area contributed by atoms with Crippen LogP contribution in [0.1, 0.15) is 25.3 Å². The number of rotatable bonds is 2. The van der Waals surface area contributed by atoms with Crippen LogP contribution in [0.4, 0.5) is 0 Å². The average Bonchev–Trinajstić information content (AvgIpc) is 2.29. The number of aryl methyl sites for hydroxylation is 1. The van der Waals surface area contributed by atoms with Gasteiger partial charge in [-0.3, -0.25) is 0 Å². The van der Waals surface area contributed by atoms with Crippen molar-refractivity contribution in [3.63, 3.8) is 0 Å². The molecule has 0 atom stereocenters. The summed E-state index contributed by atoms with van der Waals surface area (Å²) in [6.07, 6.45) is 1.89. The first-order valence-corrected chi connectivity index (χ1v) is 8.41. The van der Waals surface area contributed by atoms with Gasteiger partial charge in [0.1, 0.15) is 0 Å². The molecular formula is C13H18BrNO2S. The predicted molar refractivity (Wildman–Crippen MR) is 76.0 cm³/mol. The van der Waals surface area contributed by atoms with E-state index >= 15 is 0 Å². The van der Waals surface area contributed by atoms with E-state index in [1.54, 1.807) is 10.4 Å². The van der Waals surface area contributed by atoms with Gasteiger partial charge in [-0.15, -0.1) is 0 Å². The third kappa shape index (κ3) is 2.78. The minimum atomic E-state index is -3.35. The van der Waals surface area contributed by atoms with Crippen molar-refractivity contribution >= 4 is 26.0 Å². The fourth-order valence-corrected chi connectivity index (χ4v) is 4.80. The van der Waals surface area contributed by atoms with Gasteiger partial charge < -0.3 is 0 Å². The lowest BCUT2D eigenvalue weighted by molar-refractivity contribution is 0.288. The lowest BCUT2D eigenvalue weighted by Crippen LogP contribution is -2.38. The normalized spacial score (nSPS) is 19.1. The second kappa shape index (κ2) is 5.31. The third-order valence-corrected chi connectivity index (χ3v) is 6.32. The molecule has 0 radical (unpaired) electrons. The maximum Gasteiger partial charge on any atom is 0.244 e. The van der Waals surface area contributed by atoms with Crippen molar-refractivity contribution in [2.75, 3.05) is 13.1 Å². The topological polar surface area (TPSA) is 37.4 Å². The zero-order valence-corrected chi connectivity index (χ0v) is 13.1. The third-order valence-electron chi connectivity index (χ3n) is 3.45. The molecule has 1 aromatic carbocycles. The smallest absolute Gasteiger partial charge is 0.207 e. The largest absolute Gasteiger partial charge is 0.244 e. The molecule has 18 heavy (non-hydrogen) atoms. The van der Waals surface area contributed by atoms with Crippen molar-refractivity contribution in [2.24, 2.45) is 5.92 Å². The Balaban J connectivity index is 2.30. The zero-order valence-electron chi connectivity index (χ0n) is 10.7. The van der Waals surface area contributed by atoms with Gasteiger partial charge in [-0.2, -0.15) is 4.31 Å². The maximum atomic E-state index is 12.5. The molecule has 100 valence electrons. The number of benzene rings is 1. The van der Waals surface area contributed by atoms with Gasteiger partial charge in [0.15, 0.2) is 0 Å². The van der Waals surface area contributed by atoms with Crippen LogP contribution in [0, 0.1) is 12.8 Å². The molecule has 0 aromatic heterocycles. The van der Waals surface area contributed by atoms with Crippen molar-refractivity contribution in [3.8, 4) is 0 Å². The molecule has 1 heterocycles. The number of nitrogens with zero attached hydrogens (tertiary/aromatic N) is 1. The fraction of sp³-hybridized carbons (Fsp3) is 0.538. The summed E-state index contributed by atoms with van der Waals surface area (Å²) in [6, 6.07) is 5.37. The molecule has 1 saturated heterocycles. The fourth-order valence-electron chi connectivity index (χ4n) is 2.18. The van der Waals surface area contributed by atoms with Gasteiger partial charge in [0.05, 0.1) is 4.90 Å². The summed E-state index contributed by atoms with van der Waals surface area (Å²) in [7, 11) is -3.35. The summed E-state index contributed by atoms with van der Waals surface area (Å²) in [5.41, 5.74) is 1.05. The molecule has 0 amide bonds. The minimum Gasteiger partial charge on any atom is -0.207 e. The summed E-state index contributed by atoms with van der Waals surface area (Å²) in [6.45, 7) is 5.38. The highest BCUT2D eigenvalue weighted by Gasteiger charge is 2.29. The van der Waals surface area contributed by atoms with Crippen molar-refractivity contribution in [1.29, 1.82) is 0 Å². The van der Waals surface area contributed by atoms with Gasteiger partial charge in [0.25, 0.3) is 0 Å². The van der Waals surface area contributed by atoms with E-state index in [0.29, 0.717) is 28.4 Å². The first kappa shape index (κ1) is 14.0. The number of halogens is 1. The maximum absolute atomic E-state index is 12.5. The quantitative estimate of drug-likeness (QED) is 0.834. The summed E-state index contributed by atoms with van der Waals surface area (Å²) < 4.78 is 27.3. The number of piperidine rings is 1. The molecule has 0 N–H and O–H groups in total. The van der Waals surface area contributed by atoms with Crippen LogP contribution in [0.3, 0.4) is 0 Å². The van der Waals surface area contributed by atoms with Crippen LogP contribution in [0.25, 0.3) is 0 Å². The Kier molecular flexibility index (Phi) is 4.14. The molecule has 5 heteroatoms. The second-order valence-corrected chi connectivity index (χ2v) is 7.78. The number of sulfonamides is 1. The van der Waals surface area contributed by atoms with Crippen LogP contribution in [-0.4, -0.2) is 25.8 Å². The van der Waals surface area contributed by atoms with Crippen molar-refractivity contribution < 1.29 is 8.42 Å². The molecule has 2 rings (SSSR count). The Bertz CT molecular complexity index is 534. The molecule has 1 aliphatic rings. The predicted octanol–water partition coefficient (Wildman–Crippen LogP) is 3.18. The molecule has 0 aliphatic carbocycles. The van der Waals surface area contributed by atoms with Gasteiger partial charge in [-0.1, -0.05) is 13.0 Å². The van der Waals surface area contributed by atoms with Crippen LogP contribution >= 0.6 is 15.9 Å². The Morgan fingerprint density at radius 2 is 1.89 bits per heavy atom. The van der Waals surface area contributed by atoms with Crippen LogP contribution in [0.15, 0.2) is 27.6 Å². The summed E-state index contributed by atoms with van der Waals surface area (Å²) in [5.74, 6) is 0.623. The molecule has 0 unspecified atom stereocenters. The van der Waals surface area contributed by atoms with Crippen LogP contribution in [0.2, 0.25) is 0 Å². The van der Waals surface area contributed by atoms with E-state index in [0.717, 1.165) is 18.4 Å². The standard InChI is InChI=1S/C13H18BrNO2S/c1-10-5-7-15(8-6-10)18(16,17)13-4-3-11(2)9-12(13)14/h3-4,9-10H,5-8H2,1-2H3. The monoisotopic (exact) mass is 331 g/mol. The highest BCUT2D eigenvalue weighted by atomic mass is 79.9. The molecule has 1 aliphatic heterocycles. The molecule has 1 fully saturated rings. The molecule has 0 bridgehead atoms. The molecular weight excluding hydrogens is 314 g/mol. The van der Waals surface area contributed by atoms with E-state index in [2.05, 4.69) is 22.9 Å². The molecule has 0 saturated carbocycles. The lowest BCUT2D eigenvalue weighted by Gasteiger charge is -2.29. The Morgan fingerprint density at radius 3 is 2.44 bits per heavy atom. The highest BCUT2D eigenvalue weighted by Crippen LogP contribution is 2.28. The highest BCUT2D eigenvalue weighted by molar-refractivity contribution is 9.10. The van der Waals surface area contributed by atoms with Crippen molar-refractivity contribution in [2.45, 2.75) is 31.6 Å². The Hall–Kier alpha value is -0.390. The van der Waals surface area contributed by atoms with Gasteiger partial charge in [0.2, 0.25) is 10.0 Å². The van der Waals surface area contributed by atoms with E-state index < -0.39 is 10.0 Å². The van der Waals surface area contributed by atoms with Crippen LogP contribution in [0.5, 0.6) is 0 Å². The van der Waals surface area contributed by atoms with Gasteiger partial charge in [-0.25, -0.2) is 8.42 Å².